The first-order chi connectivity index (χ1) is 8.60. The van der Waals surface area contributed by atoms with Crippen LogP contribution in [-0.4, -0.2) is 16.5 Å². The van der Waals surface area contributed by atoms with Gasteiger partial charge in [0.1, 0.15) is 5.56 Å². The average Bonchev–Trinajstić information content (AvgIpc) is 2.24. The number of hydrogen-bond acceptors (Lipinski definition) is 3. The van der Waals surface area contributed by atoms with Crippen LogP contribution in [0.15, 0.2) is 6.20 Å². The summed E-state index contributed by atoms with van der Waals surface area (Å²) >= 11 is 5.24. The molecular weight excluding hydrogens is 304 g/mol. The van der Waals surface area contributed by atoms with Crippen molar-refractivity contribution >= 4 is 11.6 Å². The van der Waals surface area contributed by atoms with Crippen LogP contribution < -0.4 is 4.74 Å². The predicted octanol–water partition coefficient (Wildman–Crippen LogP) is 3.23. The number of aliphatic hydroxyl groups excluding tert-OH is 1. The third-order valence-electron chi connectivity index (χ3n) is 1.98. The van der Waals surface area contributed by atoms with Crippen LogP contribution in [0.3, 0.4) is 0 Å². The minimum absolute atomic E-state index is 0.601. The van der Waals surface area contributed by atoms with Crippen molar-refractivity contribution in [3.63, 3.8) is 0 Å². The molecule has 1 rings (SSSR count). The summed E-state index contributed by atoms with van der Waals surface area (Å²) in [7, 11) is 0. The first-order valence-electron chi connectivity index (χ1n) is 4.60. The smallest absolute Gasteiger partial charge is 0.403 e. The number of ether oxygens (including phenoxy) is 1. The maximum atomic E-state index is 12.8. The summed E-state index contributed by atoms with van der Waals surface area (Å²) in [6, 6.07) is 0. The number of aromatic nitrogens is 1. The van der Waals surface area contributed by atoms with Crippen LogP contribution in [0.25, 0.3) is 0 Å². The van der Waals surface area contributed by atoms with E-state index < -0.39 is 47.6 Å². The van der Waals surface area contributed by atoms with Crippen LogP contribution in [0.4, 0.5) is 26.3 Å². The normalized spacial score (nSPS) is 12.6. The number of pyridine rings is 1. The Balaban J connectivity index is 3.53. The van der Waals surface area contributed by atoms with Crippen LogP contribution in [0.5, 0.6) is 5.75 Å². The molecule has 0 saturated heterocycles. The highest BCUT2D eigenvalue weighted by Crippen LogP contribution is 2.42. The second-order valence-electron chi connectivity index (χ2n) is 3.27. The van der Waals surface area contributed by atoms with E-state index in [4.69, 9.17) is 16.7 Å². The second-order valence-corrected chi connectivity index (χ2v) is 3.54. The Morgan fingerprint density at radius 2 is 1.79 bits per heavy atom. The van der Waals surface area contributed by atoms with E-state index in [1.165, 1.54) is 0 Å². The van der Waals surface area contributed by atoms with Crippen LogP contribution in [0.1, 0.15) is 16.8 Å². The molecule has 1 heterocycles. The first-order valence-corrected chi connectivity index (χ1v) is 5.14. The summed E-state index contributed by atoms with van der Waals surface area (Å²) < 4.78 is 78.0. The van der Waals surface area contributed by atoms with Gasteiger partial charge < -0.3 is 9.84 Å². The Hall–Kier alpha value is -1.22. The van der Waals surface area contributed by atoms with Gasteiger partial charge in [0.15, 0.2) is 5.75 Å². The van der Waals surface area contributed by atoms with Crippen molar-refractivity contribution in [2.45, 2.75) is 25.0 Å². The van der Waals surface area contributed by atoms with E-state index >= 15 is 0 Å². The standard InChI is InChI=1S/C9H6ClF6NO2/c10-1-5-7(19-9(14,15)16)6(8(11,12)13)4(3-18)2-17-5/h2,18H,1,3H2. The fraction of sp³-hybridized carbons (Fsp3) is 0.444. The highest BCUT2D eigenvalue weighted by atomic mass is 35.5. The van der Waals surface area contributed by atoms with Gasteiger partial charge in [-0.05, 0) is 0 Å². The molecule has 1 aromatic heterocycles. The lowest BCUT2D eigenvalue weighted by Crippen LogP contribution is -2.23. The Morgan fingerprint density at radius 1 is 1.21 bits per heavy atom. The largest absolute Gasteiger partial charge is 0.573 e. The molecule has 1 aromatic rings. The summed E-state index contributed by atoms with van der Waals surface area (Å²) in [5, 5.41) is 8.76. The minimum atomic E-state index is -5.34. The molecule has 0 radical (unpaired) electrons. The predicted molar refractivity (Wildman–Crippen MR) is 51.4 cm³/mol. The summed E-state index contributed by atoms with van der Waals surface area (Å²) in [6.07, 6.45) is -9.89. The lowest BCUT2D eigenvalue weighted by Gasteiger charge is -2.19. The first kappa shape index (κ1) is 15.8. The zero-order valence-corrected chi connectivity index (χ0v) is 9.70. The van der Waals surface area contributed by atoms with E-state index in [2.05, 4.69) is 9.72 Å². The van der Waals surface area contributed by atoms with Crippen LogP contribution in [-0.2, 0) is 18.7 Å². The molecule has 1 N–H and O–H groups in total. The third-order valence-corrected chi connectivity index (χ3v) is 2.24. The van der Waals surface area contributed by atoms with Crippen LogP contribution in [0.2, 0.25) is 0 Å². The molecule has 19 heavy (non-hydrogen) atoms. The van der Waals surface area contributed by atoms with Gasteiger partial charge in [-0.1, -0.05) is 0 Å². The zero-order valence-electron chi connectivity index (χ0n) is 8.94. The molecule has 0 aliphatic heterocycles. The highest BCUT2D eigenvalue weighted by molar-refractivity contribution is 6.17. The second kappa shape index (κ2) is 5.41. The number of rotatable bonds is 3. The lowest BCUT2D eigenvalue weighted by atomic mass is 10.1. The van der Waals surface area contributed by atoms with Crippen LogP contribution in [0, 0.1) is 0 Å². The maximum Gasteiger partial charge on any atom is 0.573 e. The average molecular weight is 310 g/mol. The molecule has 0 saturated carbocycles. The number of hydrogen-bond donors (Lipinski definition) is 1. The highest BCUT2D eigenvalue weighted by Gasteiger charge is 2.42. The SMILES string of the molecule is OCc1cnc(CCl)c(OC(F)(F)F)c1C(F)(F)F. The van der Waals surface area contributed by atoms with Crippen molar-refractivity contribution < 1.29 is 36.2 Å². The Bertz CT molecular complexity index is 459. The van der Waals surface area contributed by atoms with Crippen molar-refractivity contribution in [1.82, 2.24) is 4.98 Å². The summed E-state index contributed by atoms with van der Waals surface area (Å²) in [4.78, 5) is 3.31. The molecule has 0 aliphatic rings. The Morgan fingerprint density at radius 3 is 2.16 bits per heavy atom. The van der Waals surface area contributed by atoms with Crippen molar-refractivity contribution in [2.75, 3.05) is 0 Å². The molecule has 0 aromatic carbocycles. The van der Waals surface area contributed by atoms with Gasteiger partial charge in [-0.15, -0.1) is 24.8 Å². The van der Waals surface area contributed by atoms with Gasteiger partial charge in [0, 0.05) is 11.8 Å². The number of alkyl halides is 7. The quantitative estimate of drug-likeness (QED) is 0.688. The zero-order chi connectivity index (χ0) is 14.8. The Labute approximate surface area is 107 Å². The molecule has 10 heteroatoms. The molecule has 0 aliphatic carbocycles. The molecule has 108 valence electrons. The lowest BCUT2D eigenvalue weighted by molar-refractivity contribution is -0.276. The van der Waals surface area contributed by atoms with Gasteiger partial charge in [0.2, 0.25) is 0 Å². The van der Waals surface area contributed by atoms with Gasteiger partial charge in [0.05, 0.1) is 18.2 Å². The molecule has 0 spiro atoms. The summed E-state index contributed by atoms with van der Waals surface area (Å²) in [5.74, 6) is -2.25. The van der Waals surface area contributed by atoms with Crippen LogP contribution >= 0.6 is 11.6 Å². The van der Waals surface area contributed by atoms with Gasteiger partial charge in [-0.3, -0.25) is 4.98 Å². The topological polar surface area (TPSA) is 42.4 Å². The van der Waals surface area contributed by atoms with E-state index in [0.29, 0.717) is 6.20 Å². The number of halogens is 7. The molecule has 0 fully saturated rings. The molecule has 0 amide bonds. The van der Waals surface area contributed by atoms with E-state index in [1.54, 1.807) is 0 Å². The van der Waals surface area contributed by atoms with Crippen molar-refractivity contribution in [3.05, 3.63) is 23.0 Å². The van der Waals surface area contributed by atoms with E-state index in [1.807, 2.05) is 0 Å². The molecule has 0 atom stereocenters. The van der Waals surface area contributed by atoms with Crippen molar-refractivity contribution in [3.8, 4) is 5.75 Å². The van der Waals surface area contributed by atoms with Gasteiger partial charge in [0.25, 0.3) is 0 Å². The monoisotopic (exact) mass is 309 g/mol. The molecule has 3 nitrogen and oxygen atoms in total. The minimum Gasteiger partial charge on any atom is -0.403 e. The fourth-order valence-corrected chi connectivity index (χ4v) is 1.51. The van der Waals surface area contributed by atoms with Gasteiger partial charge in [-0.25, -0.2) is 0 Å². The number of nitrogens with zero attached hydrogens (tertiary/aromatic N) is 1. The summed E-state index contributed by atoms with van der Waals surface area (Å²) in [5.41, 5.74) is -3.29. The van der Waals surface area contributed by atoms with Crippen molar-refractivity contribution in [2.24, 2.45) is 0 Å². The summed E-state index contributed by atoms with van der Waals surface area (Å²) in [6.45, 7) is -1.14. The number of aliphatic hydroxyl groups is 1. The van der Waals surface area contributed by atoms with Gasteiger partial charge in [-0.2, -0.15) is 13.2 Å². The maximum absolute atomic E-state index is 12.8. The van der Waals surface area contributed by atoms with Crippen molar-refractivity contribution in [1.29, 1.82) is 0 Å². The van der Waals surface area contributed by atoms with E-state index in [9.17, 15) is 26.3 Å². The van der Waals surface area contributed by atoms with E-state index in [0.717, 1.165) is 0 Å². The molecule has 0 bridgehead atoms. The molecular formula is C9H6ClF6NO2. The van der Waals surface area contributed by atoms with E-state index in [-0.39, 0.29) is 0 Å². The Kier molecular flexibility index (Phi) is 4.51. The third kappa shape index (κ3) is 3.87. The molecule has 0 unspecified atom stereocenters. The fourth-order valence-electron chi connectivity index (χ4n) is 1.32. The van der Waals surface area contributed by atoms with Gasteiger partial charge >= 0.3 is 12.5 Å².